The predicted octanol–water partition coefficient (Wildman–Crippen LogP) is 1.77. The zero-order chi connectivity index (χ0) is 19.6. The molecule has 2 heterocycles. The van der Waals surface area contributed by atoms with E-state index in [1.54, 1.807) is 6.92 Å². The second kappa shape index (κ2) is 7.19. The number of primary amides is 1. The summed E-state index contributed by atoms with van der Waals surface area (Å²) in [5.41, 5.74) is 3.91. The van der Waals surface area contributed by atoms with E-state index in [0.29, 0.717) is 6.61 Å². The molecule has 0 aliphatic heterocycles. The summed E-state index contributed by atoms with van der Waals surface area (Å²) in [4.78, 5) is 31.2. The molecule has 0 aliphatic rings. The van der Waals surface area contributed by atoms with Crippen molar-refractivity contribution in [1.29, 1.82) is 0 Å². The van der Waals surface area contributed by atoms with E-state index in [-0.39, 0.29) is 22.7 Å². The van der Waals surface area contributed by atoms with Crippen LogP contribution in [0.4, 0.5) is 25.1 Å². The van der Waals surface area contributed by atoms with E-state index in [0.717, 1.165) is 18.5 Å². The number of anilines is 2. The molecule has 140 valence electrons. The summed E-state index contributed by atoms with van der Waals surface area (Å²) in [6, 6.07) is 0.674. The topological polar surface area (TPSA) is 148 Å². The molecule has 0 atom stereocenters. The zero-order valence-corrected chi connectivity index (χ0v) is 13.8. The van der Waals surface area contributed by atoms with Gasteiger partial charge < -0.3 is 15.8 Å². The van der Waals surface area contributed by atoms with Gasteiger partial charge in [-0.1, -0.05) is 0 Å². The third-order valence-corrected chi connectivity index (χ3v) is 3.43. The Morgan fingerprint density at radius 1 is 1.26 bits per heavy atom. The lowest BCUT2D eigenvalue weighted by Gasteiger charge is -2.11. The number of rotatable bonds is 5. The van der Waals surface area contributed by atoms with Crippen LogP contribution in [0.1, 0.15) is 17.3 Å². The molecule has 3 amide bonds. The lowest BCUT2D eigenvalue weighted by molar-refractivity contribution is 0.0996. The van der Waals surface area contributed by atoms with Gasteiger partial charge in [0.05, 0.1) is 12.2 Å². The Morgan fingerprint density at radius 3 is 2.74 bits per heavy atom. The van der Waals surface area contributed by atoms with Crippen molar-refractivity contribution in [2.75, 3.05) is 17.2 Å². The highest BCUT2D eigenvalue weighted by Gasteiger charge is 2.20. The van der Waals surface area contributed by atoms with Gasteiger partial charge in [-0.05, 0) is 19.1 Å². The van der Waals surface area contributed by atoms with E-state index < -0.39 is 34.8 Å². The Hall–Kier alpha value is -3.83. The molecule has 0 spiro atoms. The van der Waals surface area contributed by atoms with Crippen molar-refractivity contribution in [3.05, 3.63) is 35.7 Å². The summed E-state index contributed by atoms with van der Waals surface area (Å²) >= 11 is 0. The van der Waals surface area contributed by atoms with Gasteiger partial charge in [0.15, 0.2) is 17.3 Å². The van der Waals surface area contributed by atoms with Crippen molar-refractivity contribution in [2.45, 2.75) is 6.92 Å². The van der Waals surface area contributed by atoms with E-state index in [4.69, 9.17) is 10.5 Å². The van der Waals surface area contributed by atoms with E-state index in [2.05, 4.69) is 25.5 Å². The first kappa shape index (κ1) is 18.0. The van der Waals surface area contributed by atoms with Crippen molar-refractivity contribution >= 4 is 34.5 Å². The highest BCUT2D eigenvalue weighted by atomic mass is 19.1. The third kappa shape index (κ3) is 3.44. The molecule has 3 aromatic rings. The van der Waals surface area contributed by atoms with Crippen LogP contribution in [-0.2, 0) is 0 Å². The lowest BCUT2D eigenvalue weighted by Crippen LogP contribution is -2.23. The second-order valence-corrected chi connectivity index (χ2v) is 5.13. The summed E-state index contributed by atoms with van der Waals surface area (Å²) in [5.74, 6) is -3.33. The molecular formula is C15H13F2N7O3. The van der Waals surface area contributed by atoms with Crippen LogP contribution in [0.25, 0.3) is 11.0 Å². The number of hydrogen-bond donors (Lipinski definition) is 4. The van der Waals surface area contributed by atoms with Gasteiger partial charge in [0.2, 0.25) is 5.88 Å². The number of benzene rings is 1. The van der Waals surface area contributed by atoms with Gasteiger partial charge >= 0.3 is 6.03 Å². The minimum Gasteiger partial charge on any atom is -0.476 e. The van der Waals surface area contributed by atoms with Gasteiger partial charge in [-0.15, -0.1) is 5.10 Å². The minimum atomic E-state index is -1.29. The fourth-order valence-electron chi connectivity index (χ4n) is 2.28. The van der Waals surface area contributed by atoms with Crippen LogP contribution in [0.2, 0.25) is 0 Å². The maximum atomic E-state index is 14.2. The largest absolute Gasteiger partial charge is 0.476 e. The predicted molar refractivity (Wildman–Crippen MR) is 90.4 cm³/mol. The molecule has 0 unspecified atom stereocenters. The van der Waals surface area contributed by atoms with Crippen LogP contribution in [0.15, 0.2) is 18.5 Å². The average Bonchev–Trinajstić information content (AvgIpc) is 3.03. The van der Waals surface area contributed by atoms with Gasteiger partial charge in [-0.2, -0.15) is 0 Å². The Balaban J connectivity index is 1.89. The molecule has 0 bridgehead atoms. The maximum absolute atomic E-state index is 14.2. The number of aromatic amines is 1. The second-order valence-electron chi connectivity index (χ2n) is 5.13. The number of ether oxygens (including phenoxy) is 1. The number of nitrogens with zero attached hydrogens (tertiary/aromatic N) is 3. The van der Waals surface area contributed by atoms with Crippen LogP contribution >= 0.6 is 0 Å². The van der Waals surface area contributed by atoms with Crippen molar-refractivity contribution < 1.29 is 23.1 Å². The molecule has 10 nitrogen and oxygen atoms in total. The third-order valence-electron chi connectivity index (χ3n) is 3.43. The lowest BCUT2D eigenvalue weighted by atomic mass is 10.1. The summed E-state index contributed by atoms with van der Waals surface area (Å²) < 4.78 is 33.4. The first-order valence-electron chi connectivity index (χ1n) is 7.60. The quantitative estimate of drug-likeness (QED) is 0.533. The minimum absolute atomic E-state index is 0.00146. The molecule has 0 saturated heterocycles. The molecule has 0 fully saturated rings. The maximum Gasteiger partial charge on any atom is 0.325 e. The number of hydrogen-bond acceptors (Lipinski definition) is 6. The Morgan fingerprint density at radius 2 is 2.04 bits per heavy atom. The monoisotopic (exact) mass is 377 g/mol. The number of nitrogens with two attached hydrogens (primary N) is 1. The van der Waals surface area contributed by atoms with Crippen LogP contribution in [0, 0.1) is 11.6 Å². The van der Waals surface area contributed by atoms with Crippen molar-refractivity contribution in [3.63, 3.8) is 0 Å². The molecule has 12 heteroatoms. The van der Waals surface area contributed by atoms with Gasteiger partial charge in [0.25, 0.3) is 5.91 Å². The average molecular weight is 377 g/mol. The van der Waals surface area contributed by atoms with Gasteiger partial charge in [-0.25, -0.2) is 23.5 Å². The summed E-state index contributed by atoms with van der Waals surface area (Å²) in [6.07, 6.45) is 1.15. The van der Waals surface area contributed by atoms with Crippen LogP contribution in [-0.4, -0.2) is 38.7 Å². The smallest absolute Gasteiger partial charge is 0.325 e. The van der Waals surface area contributed by atoms with E-state index >= 15 is 0 Å². The van der Waals surface area contributed by atoms with Gasteiger partial charge in [-0.3, -0.25) is 15.2 Å². The summed E-state index contributed by atoms with van der Waals surface area (Å²) in [5, 5.41) is 11.1. The van der Waals surface area contributed by atoms with Crippen molar-refractivity contribution in [3.8, 4) is 5.88 Å². The molecule has 0 radical (unpaired) electrons. The van der Waals surface area contributed by atoms with E-state index in [1.807, 2.05) is 5.32 Å². The molecule has 0 aliphatic carbocycles. The highest BCUT2D eigenvalue weighted by Crippen LogP contribution is 2.27. The normalized spacial score (nSPS) is 10.6. The zero-order valence-electron chi connectivity index (χ0n) is 13.8. The van der Waals surface area contributed by atoms with Gasteiger partial charge in [0.1, 0.15) is 23.2 Å². The molecule has 3 rings (SSSR count). The number of nitrogens with one attached hydrogen (secondary N) is 3. The summed E-state index contributed by atoms with van der Waals surface area (Å²) in [6.45, 7) is 2.04. The Labute approximate surface area is 150 Å². The number of urea groups is 1. The van der Waals surface area contributed by atoms with Crippen LogP contribution in [0.5, 0.6) is 5.88 Å². The number of amides is 3. The van der Waals surface area contributed by atoms with E-state index in [1.165, 1.54) is 0 Å². The molecule has 1 aromatic carbocycles. The number of halogens is 2. The fraction of sp³-hybridized carbons (Fsp3) is 0.133. The van der Waals surface area contributed by atoms with Crippen LogP contribution < -0.4 is 21.1 Å². The SMILES string of the molecule is CCOc1n[nH]c2ncnc(NC(=O)Nc3c(F)ccc(C(N)=O)c3F)c12. The van der Waals surface area contributed by atoms with Gasteiger partial charge in [0, 0.05) is 0 Å². The van der Waals surface area contributed by atoms with Crippen molar-refractivity contribution in [2.24, 2.45) is 5.73 Å². The standard InChI is InChI=1S/C15H13F2N7O3/c1-2-27-14-8-12(19-5-20-13(8)23-24-14)22-15(26)21-10-7(16)4-3-6(9(10)17)11(18)25/h3-5H,2H2,1H3,(H2,18,25)(H3,19,20,21,22,23,24,26). The van der Waals surface area contributed by atoms with Crippen LogP contribution in [0.3, 0.4) is 0 Å². The molecule has 5 N–H and O–H groups in total. The summed E-state index contributed by atoms with van der Waals surface area (Å²) in [7, 11) is 0. The Bertz CT molecular complexity index is 1040. The number of carbonyl (C=O) groups is 2. The molecule has 27 heavy (non-hydrogen) atoms. The molecule has 2 aromatic heterocycles. The number of carbonyl (C=O) groups excluding carboxylic acids is 2. The molecule has 0 saturated carbocycles. The number of aromatic nitrogens is 4. The first-order valence-corrected chi connectivity index (χ1v) is 7.60. The van der Waals surface area contributed by atoms with E-state index in [9.17, 15) is 18.4 Å². The Kier molecular flexibility index (Phi) is 4.79. The number of fused-ring (bicyclic) bond motifs is 1. The molecular weight excluding hydrogens is 364 g/mol. The number of H-pyrrole nitrogens is 1. The van der Waals surface area contributed by atoms with Crippen molar-refractivity contribution in [1.82, 2.24) is 20.2 Å². The fourth-order valence-corrected chi connectivity index (χ4v) is 2.28. The first-order chi connectivity index (χ1) is 12.9. The highest BCUT2D eigenvalue weighted by molar-refractivity contribution is 6.05.